The van der Waals surface area contributed by atoms with Crippen LogP contribution in [0.4, 0.5) is 5.82 Å². The average molecular weight is 236 g/mol. The summed E-state index contributed by atoms with van der Waals surface area (Å²) in [5, 5.41) is 10.8. The standard InChI is InChI=1S/C11H16N4S/c1-8(2)11-13-9(7-16-11)6-12-10-4-5-15(3)14-10/h4-5,7-8H,6H2,1-3H3,(H,12,14). The number of aryl methyl sites for hydroxylation is 1. The lowest BCUT2D eigenvalue weighted by atomic mass is 10.2. The highest BCUT2D eigenvalue weighted by molar-refractivity contribution is 7.09. The highest BCUT2D eigenvalue weighted by Crippen LogP contribution is 2.19. The summed E-state index contributed by atoms with van der Waals surface area (Å²) in [6.07, 6.45) is 1.92. The third-order valence-corrected chi connectivity index (χ3v) is 3.42. The van der Waals surface area contributed by atoms with Crippen LogP contribution in [0.1, 0.15) is 30.5 Å². The number of hydrogen-bond acceptors (Lipinski definition) is 4. The smallest absolute Gasteiger partial charge is 0.148 e. The average Bonchev–Trinajstić information content (AvgIpc) is 2.83. The number of nitrogens with one attached hydrogen (secondary N) is 1. The third-order valence-electron chi connectivity index (χ3n) is 2.23. The quantitative estimate of drug-likeness (QED) is 0.887. The first-order valence-electron chi connectivity index (χ1n) is 5.33. The summed E-state index contributed by atoms with van der Waals surface area (Å²) in [5.41, 5.74) is 1.08. The molecule has 0 radical (unpaired) electrons. The Labute approximate surface area is 99.3 Å². The summed E-state index contributed by atoms with van der Waals surface area (Å²) in [7, 11) is 1.91. The van der Waals surface area contributed by atoms with E-state index in [0.29, 0.717) is 5.92 Å². The van der Waals surface area contributed by atoms with E-state index < -0.39 is 0 Å². The Morgan fingerprint density at radius 1 is 1.50 bits per heavy atom. The van der Waals surface area contributed by atoms with E-state index in [-0.39, 0.29) is 0 Å². The van der Waals surface area contributed by atoms with Gasteiger partial charge in [-0.1, -0.05) is 13.8 Å². The molecule has 0 aromatic carbocycles. The van der Waals surface area contributed by atoms with Gasteiger partial charge in [0, 0.05) is 30.6 Å². The topological polar surface area (TPSA) is 42.7 Å². The number of thiazole rings is 1. The molecule has 0 spiro atoms. The molecular formula is C11H16N4S. The largest absolute Gasteiger partial charge is 0.363 e. The van der Waals surface area contributed by atoms with Crippen molar-refractivity contribution in [3.63, 3.8) is 0 Å². The maximum atomic E-state index is 4.55. The molecule has 0 aliphatic heterocycles. The molecule has 0 bridgehead atoms. The van der Waals surface area contributed by atoms with Gasteiger partial charge in [-0.2, -0.15) is 5.10 Å². The van der Waals surface area contributed by atoms with Gasteiger partial charge < -0.3 is 5.32 Å². The fourth-order valence-corrected chi connectivity index (χ4v) is 2.19. The lowest BCUT2D eigenvalue weighted by molar-refractivity contribution is 0.767. The van der Waals surface area contributed by atoms with Crippen molar-refractivity contribution in [1.82, 2.24) is 14.8 Å². The third kappa shape index (κ3) is 2.61. The zero-order chi connectivity index (χ0) is 11.5. The Hall–Kier alpha value is -1.36. The zero-order valence-electron chi connectivity index (χ0n) is 9.77. The molecule has 5 heteroatoms. The Morgan fingerprint density at radius 2 is 2.31 bits per heavy atom. The van der Waals surface area contributed by atoms with Crippen LogP contribution in [0.3, 0.4) is 0 Å². The predicted molar refractivity (Wildman–Crippen MR) is 66.7 cm³/mol. The number of aromatic nitrogens is 3. The maximum absolute atomic E-state index is 4.55. The Balaban J connectivity index is 1.94. The van der Waals surface area contributed by atoms with Crippen LogP contribution < -0.4 is 5.32 Å². The molecule has 2 rings (SSSR count). The number of hydrogen-bond donors (Lipinski definition) is 1. The van der Waals surface area contributed by atoms with Crippen LogP contribution in [0.25, 0.3) is 0 Å². The second-order valence-corrected chi connectivity index (χ2v) is 4.95. The van der Waals surface area contributed by atoms with Gasteiger partial charge in [-0.15, -0.1) is 11.3 Å². The summed E-state index contributed by atoms with van der Waals surface area (Å²) < 4.78 is 1.78. The number of nitrogens with zero attached hydrogens (tertiary/aromatic N) is 3. The maximum Gasteiger partial charge on any atom is 0.148 e. The van der Waals surface area contributed by atoms with Gasteiger partial charge in [0.2, 0.25) is 0 Å². The van der Waals surface area contributed by atoms with Gasteiger partial charge in [0.05, 0.1) is 17.2 Å². The second kappa shape index (κ2) is 4.65. The lowest BCUT2D eigenvalue weighted by Crippen LogP contribution is -2.01. The SMILES string of the molecule is CC(C)c1nc(CNc2ccn(C)n2)cs1. The summed E-state index contributed by atoms with van der Waals surface area (Å²) in [6.45, 7) is 5.06. The fourth-order valence-electron chi connectivity index (χ4n) is 1.36. The lowest BCUT2D eigenvalue weighted by Gasteiger charge is -2.00. The van der Waals surface area contributed by atoms with Crippen molar-refractivity contribution in [1.29, 1.82) is 0 Å². The van der Waals surface area contributed by atoms with Crippen molar-refractivity contribution in [3.05, 3.63) is 28.3 Å². The van der Waals surface area contributed by atoms with E-state index in [1.807, 2.05) is 19.3 Å². The molecule has 0 unspecified atom stereocenters. The molecule has 2 aromatic heterocycles. The first-order valence-corrected chi connectivity index (χ1v) is 6.21. The van der Waals surface area contributed by atoms with Crippen LogP contribution in [0.2, 0.25) is 0 Å². The van der Waals surface area contributed by atoms with Gasteiger partial charge in [0.15, 0.2) is 0 Å². The molecule has 16 heavy (non-hydrogen) atoms. The zero-order valence-corrected chi connectivity index (χ0v) is 10.6. The minimum absolute atomic E-state index is 0.508. The minimum atomic E-state index is 0.508. The normalized spacial score (nSPS) is 11.0. The predicted octanol–water partition coefficient (Wildman–Crippen LogP) is 2.61. The fraction of sp³-hybridized carbons (Fsp3) is 0.455. The first kappa shape index (κ1) is 11.1. The molecule has 0 atom stereocenters. The molecule has 0 saturated carbocycles. The molecule has 86 valence electrons. The van der Waals surface area contributed by atoms with Crippen LogP contribution in [0.5, 0.6) is 0 Å². The molecule has 0 aliphatic rings. The van der Waals surface area contributed by atoms with E-state index in [4.69, 9.17) is 0 Å². The molecule has 0 saturated heterocycles. The van der Waals surface area contributed by atoms with E-state index in [1.165, 1.54) is 5.01 Å². The first-order chi connectivity index (χ1) is 7.65. The Kier molecular flexibility index (Phi) is 3.24. The van der Waals surface area contributed by atoms with E-state index in [1.54, 1.807) is 16.0 Å². The highest BCUT2D eigenvalue weighted by atomic mass is 32.1. The van der Waals surface area contributed by atoms with Crippen LogP contribution >= 0.6 is 11.3 Å². The van der Waals surface area contributed by atoms with Gasteiger partial charge in [-0.05, 0) is 0 Å². The van der Waals surface area contributed by atoms with Crippen molar-refractivity contribution in [2.45, 2.75) is 26.3 Å². The number of anilines is 1. The molecule has 1 N–H and O–H groups in total. The van der Waals surface area contributed by atoms with Gasteiger partial charge in [0.1, 0.15) is 5.82 Å². The van der Waals surface area contributed by atoms with E-state index in [9.17, 15) is 0 Å². The van der Waals surface area contributed by atoms with Crippen molar-refractivity contribution in [3.8, 4) is 0 Å². The van der Waals surface area contributed by atoms with Crippen molar-refractivity contribution in [2.24, 2.45) is 7.05 Å². The number of rotatable bonds is 4. The minimum Gasteiger partial charge on any atom is -0.363 e. The van der Waals surface area contributed by atoms with E-state index in [2.05, 4.69) is 34.6 Å². The molecule has 2 aromatic rings. The Bertz CT molecular complexity index is 458. The van der Waals surface area contributed by atoms with E-state index >= 15 is 0 Å². The molecule has 0 fully saturated rings. The van der Waals surface area contributed by atoms with Crippen LogP contribution in [0, 0.1) is 0 Å². The van der Waals surface area contributed by atoms with Crippen LogP contribution in [0.15, 0.2) is 17.6 Å². The summed E-state index contributed by atoms with van der Waals surface area (Å²) in [5.74, 6) is 1.40. The van der Waals surface area contributed by atoms with E-state index in [0.717, 1.165) is 18.1 Å². The highest BCUT2D eigenvalue weighted by Gasteiger charge is 2.05. The van der Waals surface area contributed by atoms with Crippen molar-refractivity contribution >= 4 is 17.2 Å². The van der Waals surface area contributed by atoms with Gasteiger partial charge in [0.25, 0.3) is 0 Å². The molecule has 0 aliphatic carbocycles. The van der Waals surface area contributed by atoms with Crippen LogP contribution in [-0.4, -0.2) is 14.8 Å². The summed E-state index contributed by atoms with van der Waals surface area (Å²) in [4.78, 5) is 4.55. The van der Waals surface area contributed by atoms with Crippen LogP contribution in [-0.2, 0) is 13.6 Å². The van der Waals surface area contributed by atoms with Gasteiger partial charge in [-0.3, -0.25) is 4.68 Å². The summed E-state index contributed by atoms with van der Waals surface area (Å²) >= 11 is 1.72. The molecular weight excluding hydrogens is 220 g/mol. The molecule has 0 amide bonds. The Morgan fingerprint density at radius 3 is 2.88 bits per heavy atom. The van der Waals surface area contributed by atoms with Gasteiger partial charge in [-0.25, -0.2) is 4.98 Å². The monoisotopic (exact) mass is 236 g/mol. The summed E-state index contributed by atoms with van der Waals surface area (Å²) in [6, 6.07) is 1.95. The molecule has 2 heterocycles. The van der Waals surface area contributed by atoms with Crippen molar-refractivity contribution < 1.29 is 0 Å². The van der Waals surface area contributed by atoms with Crippen molar-refractivity contribution in [2.75, 3.05) is 5.32 Å². The van der Waals surface area contributed by atoms with Gasteiger partial charge >= 0.3 is 0 Å². The second-order valence-electron chi connectivity index (χ2n) is 4.06. The molecule has 4 nitrogen and oxygen atoms in total.